The molecule has 0 atom stereocenters. The maximum absolute atomic E-state index is 8.77. The maximum atomic E-state index is 8.77. The Kier molecular flexibility index (Phi) is 3.62. The van der Waals surface area contributed by atoms with E-state index in [1.54, 1.807) is 31.2 Å². The van der Waals surface area contributed by atoms with Gasteiger partial charge >= 0.3 is 0 Å². The molecule has 78 valence electrons. The highest BCUT2D eigenvalue weighted by Crippen LogP contribution is 1.96. The molecule has 0 aliphatic heterocycles. The van der Waals surface area contributed by atoms with E-state index in [1.807, 2.05) is 6.07 Å². The van der Waals surface area contributed by atoms with Gasteiger partial charge in [-0.1, -0.05) is 23.8 Å². The maximum Gasteiger partial charge on any atom is 0.269 e. The summed E-state index contributed by atoms with van der Waals surface area (Å²) in [5.41, 5.74) is 0.711. The van der Waals surface area contributed by atoms with E-state index in [0.29, 0.717) is 16.0 Å². The van der Waals surface area contributed by atoms with E-state index < -0.39 is 0 Å². The molecule has 0 heterocycles. The monoisotopic (exact) mass is 218 g/mol. The van der Waals surface area contributed by atoms with Crippen LogP contribution in [0.4, 0.5) is 0 Å². The van der Waals surface area contributed by atoms with Crippen LogP contribution in [0.1, 0.15) is 5.56 Å². The van der Waals surface area contributed by atoms with Gasteiger partial charge < -0.3 is 0 Å². The van der Waals surface area contributed by atoms with Crippen molar-refractivity contribution in [3.05, 3.63) is 57.0 Å². The third kappa shape index (κ3) is 2.29. The number of rotatable bonds is 0. The molecule has 0 spiro atoms. The van der Waals surface area contributed by atoms with Crippen LogP contribution >= 0.6 is 0 Å². The molecule has 1 rings (SSSR count). The standard InChI is InChI=1S/C13H6N4/c1-9-6-10(12(7-14)16-2)4-5-11(9)13(8-15)17-3/h4-6H,1H3. The average molecular weight is 218 g/mol. The molecule has 0 amide bonds. The van der Waals surface area contributed by atoms with Gasteiger partial charge in [0.25, 0.3) is 11.4 Å². The molecule has 0 saturated carbocycles. The van der Waals surface area contributed by atoms with Crippen molar-refractivity contribution in [2.45, 2.75) is 6.92 Å². The van der Waals surface area contributed by atoms with Gasteiger partial charge in [0.15, 0.2) is 0 Å². The normalized spacial score (nSPS) is 12.3. The zero-order valence-corrected chi connectivity index (χ0v) is 9.02. The summed E-state index contributed by atoms with van der Waals surface area (Å²) in [6, 6.07) is 8.41. The quantitative estimate of drug-likeness (QED) is 0.612. The van der Waals surface area contributed by atoms with Crippen LogP contribution in [-0.4, -0.2) is 0 Å². The Hall–Kier alpha value is -3.08. The summed E-state index contributed by atoms with van der Waals surface area (Å²) in [5.74, 6) is 0. The molecule has 0 aliphatic carbocycles. The van der Waals surface area contributed by atoms with Crippen molar-refractivity contribution in [2.24, 2.45) is 0 Å². The van der Waals surface area contributed by atoms with E-state index >= 15 is 0 Å². The molecule has 0 radical (unpaired) electrons. The van der Waals surface area contributed by atoms with Crippen LogP contribution in [0.2, 0.25) is 0 Å². The summed E-state index contributed by atoms with van der Waals surface area (Å²) in [7, 11) is 0. The average Bonchev–Trinajstić information content (AvgIpc) is 2.34. The fourth-order valence-corrected chi connectivity index (χ4v) is 1.38. The molecule has 1 aromatic carbocycles. The van der Waals surface area contributed by atoms with Gasteiger partial charge in [0.1, 0.15) is 0 Å². The smallest absolute Gasteiger partial charge is 0.226 e. The highest BCUT2D eigenvalue weighted by molar-refractivity contribution is 5.68. The summed E-state index contributed by atoms with van der Waals surface area (Å²) < 4.78 is 0. The second-order valence-electron chi connectivity index (χ2n) is 3.17. The van der Waals surface area contributed by atoms with Crippen molar-refractivity contribution in [1.82, 2.24) is 0 Å². The first-order valence-electron chi connectivity index (χ1n) is 4.58. The van der Waals surface area contributed by atoms with E-state index in [-0.39, 0.29) is 11.4 Å². The number of benzene rings is 1. The molecule has 0 aromatic heterocycles. The molecule has 17 heavy (non-hydrogen) atoms. The van der Waals surface area contributed by atoms with Crippen molar-refractivity contribution < 1.29 is 0 Å². The van der Waals surface area contributed by atoms with E-state index in [0.717, 1.165) is 0 Å². The predicted molar refractivity (Wildman–Crippen MR) is 61.7 cm³/mol. The predicted octanol–water partition coefficient (Wildman–Crippen LogP) is 1.10. The van der Waals surface area contributed by atoms with E-state index in [9.17, 15) is 0 Å². The van der Waals surface area contributed by atoms with E-state index in [4.69, 9.17) is 23.7 Å². The highest BCUT2D eigenvalue weighted by atomic mass is 14.7. The largest absolute Gasteiger partial charge is 0.269 e. The van der Waals surface area contributed by atoms with Crippen molar-refractivity contribution in [3.8, 4) is 12.1 Å². The highest BCUT2D eigenvalue weighted by Gasteiger charge is 2.00. The van der Waals surface area contributed by atoms with E-state index in [2.05, 4.69) is 9.69 Å². The summed E-state index contributed by atoms with van der Waals surface area (Å²) >= 11 is 0. The van der Waals surface area contributed by atoms with Crippen LogP contribution < -0.4 is 10.4 Å². The molecule has 4 heteroatoms. The van der Waals surface area contributed by atoms with Crippen molar-refractivity contribution in [3.63, 3.8) is 0 Å². The third-order valence-electron chi connectivity index (χ3n) is 2.19. The number of hydrogen-bond donors (Lipinski definition) is 0. The topological polar surface area (TPSA) is 56.3 Å². The Morgan fingerprint density at radius 3 is 2.12 bits per heavy atom. The van der Waals surface area contributed by atoms with Crippen LogP contribution in [0.5, 0.6) is 0 Å². The molecule has 0 aliphatic rings. The second-order valence-corrected chi connectivity index (χ2v) is 3.17. The fraction of sp³-hybridized carbons (Fsp3) is 0.0769. The number of nitriles is 2. The van der Waals surface area contributed by atoms with Crippen molar-refractivity contribution in [2.75, 3.05) is 0 Å². The molecule has 0 bridgehead atoms. The summed E-state index contributed by atoms with van der Waals surface area (Å²) in [4.78, 5) is 6.23. The van der Waals surface area contributed by atoms with Crippen LogP contribution in [0.3, 0.4) is 0 Å². The molecule has 0 unspecified atom stereocenters. The minimum Gasteiger partial charge on any atom is -0.226 e. The molecule has 4 nitrogen and oxygen atoms in total. The van der Waals surface area contributed by atoms with Gasteiger partial charge in [-0.15, -0.1) is 0 Å². The first kappa shape index (κ1) is 12.0. The van der Waals surface area contributed by atoms with Crippen molar-refractivity contribution in [1.29, 1.82) is 10.5 Å². The third-order valence-corrected chi connectivity index (χ3v) is 2.19. The first-order valence-corrected chi connectivity index (χ1v) is 4.58. The Bertz CT molecular complexity index is 711. The minimum atomic E-state index is 0.000898. The van der Waals surface area contributed by atoms with Crippen LogP contribution in [0, 0.1) is 42.7 Å². The Labute approximate surface area is 98.6 Å². The zero-order chi connectivity index (χ0) is 12.8. The number of nitrogens with zero attached hydrogens (tertiary/aromatic N) is 4. The Morgan fingerprint density at radius 2 is 1.71 bits per heavy atom. The number of hydrogen-bond acceptors (Lipinski definition) is 2. The summed E-state index contributed by atoms with van der Waals surface area (Å²) in [6.07, 6.45) is 0. The lowest BCUT2D eigenvalue weighted by Crippen LogP contribution is -2.15. The van der Waals surface area contributed by atoms with Gasteiger partial charge in [-0.3, -0.25) is 0 Å². The lowest BCUT2D eigenvalue weighted by Gasteiger charge is -1.95. The van der Waals surface area contributed by atoms with Crippen LogP contribution in [0.25, 0.3) is 21.1 Å². The lowest BCUT2D eigenvalue weighted by atomic mass is 10.1. The number of aryl methyl sites for hydroxylation is 1. The van der Waals surface area contributed by atoms with Gasteiger partial charge in [0, 0.05) is 0 Å². The molecule has 0 fully saturated rings. The fourth-order valence-electron chi connectivity index (χ4n) is 1.38. The van der Waals surface area contributed by atoms with Crippen LogP contribution in [-0.2, 0) is 0 Å². The van der Waals surface area contributed by atoms with E-state index in [1.165, 1.54) is 0 Å². The van der Waals surface area contributed by atoms with Crippen molar-refractivity contribution >= 4 is 11.4 Å². The Balaban J connectivity index is 3.78. The zero-order valence-electron chi connectivity index (χ0n) is 9.02. The van der Waals surface area contributed by atoms with Gasteiger partial charge in [-0.2, -0.15) is 0 Å². The lowest BCUT2D eigenvalue weighted by molar-refractivity contribution is 1.36. The summed E-state index contributed by atoms with van der Waals surface area (Å²) in [6.45, 7) is 15.4. The van der Waals surface area contributed by atoms with Gasteiger partial charge in [-0.05, 0) is 17.4 Å². The van der Waals surface area contributed by atoms with Crippen LogP contribution in [0.15, 0.2) is 18.2 Å². The van der Waals surface area contributed by atoms with Gasteiger partial charge in [0.2, 0.25) is 0 Å². The first-order chi connectivity index (χ1) is 8.17. The molecular formula is C13H6N4. The van der Waals surface area contributed by atoms with Gasteiger partial charge in [-0.25, -0.2) is 20.2 Å². The molecule has 0 saturated heterocycles. The summed E-state index contributed by atoms with van der Waals surface area (Å²) in [5, 5.41) is 18.5. The molecule has 0 N–H and O–H groups in total. The second kappa shape index (κ2) is 5.13. The SMILES string of the molecule is [C-]#[N+]C(C#N)=c1ccc(=C(C#N)[N+]#[C-])c(C)c1. The molecular weight excluding hydrogens is 212 g/mol. The minimum absolute atomic E-state index is 0.000898. The molecule has 1 aromatic rings. The Morgan fingerprint density at radius 1 is 1.12 bits per heavy atom. The van der Waals surface area contributed by atoms with Gasteiger partial charge in [0.05, 0.1) is 25.3 Å².